The maximum Gasteiger partial charge on any atom is 0.335 e. The Bertz CT molecular complexity index is 940. The summed E-state index contributed by atoms with van der Waals surface area (Å²) in [4.78, 5) is 30.7. The van der Waals surface area contributed by atoms with E-state index in [4.69, 9.17) is 5.11 Å². The SMILES string of the molecule is O=C(O)c1ccnc(-c2ccnc(N3CCC(c4ccncc4)CC3)n2)c1. The van der Waals surface area contributed by atoms with E-state index in [2.05, 4.69) is 37.0 Å². The van der Waals surface area contributed by atoms with E-state index in [1.807, 2.05) is 12.4 Å². The van der Waals surface area contributed by atoms with E-state index >= 15 is 0 Å². The van der Waals surface area contributed by atoms with Crippen molar-refractivity contribution in [1.82, 2.24) is 19.9 Å². The number of nitrogens with zero attached hydrogens (tertiary/aromatic N) is 5. The van der Waals surface area contributed by atoms with Crippen molar-refractivity contribution in [2.45, 2.75) is 18.8 Å². The Labute approximate surface area is 156 Å². The molecule has 1 aliphatic rings. The third-order valence-electron chi connectivity index (χ3n) is 4.87. The van der Waals surface area contributed by atoms with Gasteiger partial charge in [0.15, 0.2) is 0 Å². The molecule has 0 amide bonds. The lowest BCUT2D eigenvalue weighted by Gasteiger charge is -2.32. The molecule has 0 radical (unpaired) electrons. The van der Waals surface area contributed by atoms with Gasteiger partial charge in [0.2, 0.25) is 5.95 Å². The number of carbonyl (C=O) groups is 1. The summed E-state index contributed by atoms with van der Waals surface area (Å²) in [5.74, 6) is 0.204. The molecule has 27 heavy (non-hydrogen) atoms. The summed E-state index contributed by atoms with van der Waals surface area (Å²) in [6, 6.07) is 8.92. The fraction of sp³-hybridized carbons (Fsp3) is 0.250. The van der Waals surface area contributed by atoms with E-state index in [1.54, 1.807) is 12.3 Å². The molecule has 0 spiro atoms. The predicted molar refractivity (Wildman–Crippen MR) is 101 cm³/mol. The molecule has 0 unspecified atom stereocenters. The number of anilines is 1. The van der Waals surface area contributed by atoms with Crippen molar-refractivity contribution in [3.63, 3.8) is 0 Å². The van der Waals surface area contributed by atoms with Crippen molar-refractivity contribution in [1.29, 1.82) is 0 Å². The summed E-state index contributed by atoms with van der Waals surface area (Å²) < 4.78 is 0. The van der Waals surface area contributed by atoms with Gasteiger partial charge in [-0.05, 0) is 54.7 Å². The molecule has 3 aromatic heterocycles. The van der Waals surface area contributed by atoms with Crippen LogP contribution in [0.2, 0.25) is 0 Å². The first kappa shape index (κ1) is 17.1. The first-order valence-electron chi connectivity index (χ1n) is 8.88. The topological polar surface area (TPSA) is 92.1 Å². The predicted octanol–water partition coefficient (Wildman–Crippen LogP) is 3.02. The second-order valence-electron chi connectivity index (χ2n) is 6.52. The van der Waals surface area contributed by atoms with Crippen molar-refractivity contribution >= 4 is 11.9 Å². The highest BCUT2D eigenvalue weighted by atomic mass is 16.4. The number of pyridine rings is 2. The molecular formula is C20H19N5O2. The average Bonchev–Trinajstić information content (AvgIpc) is 2.75. The normalized spacial score (nSPS) is 14.9. The quantitative estimate of drug-likeness (QED) is 0.763. The molecular weight excluding hydrogens is 342 g/mol. The van der Waals surface area contributed by atoms with Gasteiger partial charge in [-0.3, -0.25) is 9.97 Å². The molecule has 0 aromatic carbocycles. The van der Waals surface area contributed by atoms with Crippen LogP contribution in [0.15, 0.2) is 55.1 Å². The van der Waals surface area contributed by atoms with Crippen LogP contribution in [0.1, 0.15) is 34.7 Å². The number of piperidine rings is 1. The Morgan fingerprint density at radius 3 is 2.44 bits per heavy atom. The highest BCUT2D eigenvalue weighted by molar-refractivity contribution is 5.88. The lowest BCUT2D eigenvalue weighted by atomic mass is 9.90. The average molecular weight is 361 g/mol. The van der Waals surface area contributed by atoms with Gasteiger partial charge in [-0.15, -0.1) is 0 Å². The Balaban J connectivity index is 1.50. The number of aromatic carboxylic acids is 1. The minimum atomic E-state index is -0.980. The Morgan fingerprint density at radius 2 is 1.70 bits per heavy atom. The first-order valence-corrected chi connectivity index (χ1v) is 8.88. The highest BCUT2D eigenvalue weighted by Gasteiger charge is 2.22. The van der Waals surface area contributed by atoms with Gasteiger partial charge in [-0.1, -0.05) is 0 Å². The van der Waals surface area contributed by atoms with Crippen molar-refractivity contribution in [3.05, 3.63) is 66.2 Å². The summed E-state index contributed by atoms with van der Waals surface area (Å²) in [7, 11) is 0. The molecule has 0 bridgehead atoms. The van der Waals surface area contributed by atoms with Gasteiger partial charge < -0.3 is 10.0 Å². The lowest BCUT2D eigenvalue weighted by Crippen LogP contribution is -2.34. The minimum absolute atomic E-state index is 0.193. The van der Waals surface area contributed by atoms with Crippen LogP contribution in [0, 0.1) is 0 Å². The van der Waals surface area contributed by atoms with Crippen molar-refractivity contribution in [2.75, 3.05) is 18.0 Å². The number of aromatic nitrogens is 4. The van der Waals surface area contributed by atoms with E-state index in [0.717, 1.165) is 25.9 Å². The highest BCUT2D eigenvalue weighted by Crippen LogP contribution is 2.29. The molecule has 0 aliphatic carbocycles. The van der Waals surface area contributed by atoms with E-state index in [0.29, 0.717) is 23.3 Å². The summed E-state index contributed by atoms with van der Waals surface area (Å²) >= 11 is 0. The second-order valence-corrected chi connectivity index (χ2v) is 6.52. The Hall–Kier alpha value is -3.35. The van der Waals surface area contributed by atoms with Gasteiger partial charge in [0.25, 0.3) is 0 Å². The van der Waals surface area contributed by atoms with Crippen LogP contribution in [0.4, 0.5) is 5.95 Å². The summed E-state index contributed by atoms with van der Waals surface area (Å²) in [6.45, 7) is 1.75. The summed E-state index contributed by atoms with van der Waals surface area (Å²) in [6.07, 6.45) is 8.93. The maximum absolute atomic E-state index is 11.2. The van der Waals surface area contributed by atoms with Gasteiger partial charge in [0, 0.05) is 37.9 Å². The lowest BCUT2D eigenvalue weighted by molar-refractivity contribution is 0.0697. The van der Waals surface area contributed by atoms with Gasteiger partial charge in [0.05, 0.1) is 17.0 Å². The molecule has 1 aliphatic heterocycles. The van der Waals surface area contributed by atoms with Crippen LogP contribution in [0.5, 0.6) is 0 Å². The van der Waals surface area contributed by atoms with Crippen molar-refractivity contribution in [3.8, 4) is 11.4 Å². The zero-order chi connectivity index (χ0) is 18.6. The number of carboxylic acids is 1. The number of hydrogen-bond acceptors (Lipinski definition) is 6. The van der Waals surface area contributed by atoms with Gasteiger partial charge >= 0.3 is 5.97 Å². The molecule has 4 heterocycles. The Kier molecular flexibility index (Phi) is 4.74. The van der Waals surface area contributed by atoms with Crippen LogP contribution in [-0.4, -0.2) is 44.1 Å². The molecule has 0 saturated carbocycles. The monoisotopic (exact) mass is 361 g/mol. The standard InChI is InChI=1S/C20H19N5O2/c26-19(27)16-3-9-22-18(13-16)17-4-10-23-20(24-17)25-11-5-15(6-12-25)14-1-7-21-8-2-14/h1-4,7-10,13,15H,5-6,11-12H2,(H,26,27). The zero-order valence-corrected chi connectivity index (χ0v) is 14.7. The van der Waals surface area contributed by atoms with E-state index in [1.165, 1.54) is 23.9 Å². The third-order valence-corrected chi connectivity index (χ3v) is 4.87. The number of hydrogen-bond donors (Lipinski definition) is 1. The minimum Gasteiger partial charge on any atom is -0.478 e. The Morgan fingerprint density at radius 1 is 0.963 bits per heavy atom. The molecule has 4 rings (SSSR count). The summed E-state index contributed by atoms with van der Waals surface area (Å²) in [5, 5.41) is 9.16. The van der Waals surface area contributed by atoms with Crippen molar-refractivity contribution < 1.29 is 9.90 Å². The molecule has 7 heteroatoms. The number of rotatable bonds is 4. The first-order chi connectivity index (χ1) is 13.2. The van der Waals surface area contributed by atoms with Gasteiger partial charge in [-0.25, -0.2) is 14.8 Å². The fourth-order valence-corrected chi connectivity index (χ4v) is 3.40. The summed E-state index contributed by atoms with van der Waals surface area (Å²) in [5.41, 5.74) is 2.68. The van der Waals surface area contributed by atoms with E-state index in [9.17, 15) is 4.79 Å². The molecule has 7 nitrogen and oxygen atoms in total. The molecule has 1 fully saturated rings. The van der Waals surface area contributed by atoms with Crippen LogP contribution in [0.3, 0.4) is 0 Å². The van der Waals surface area contributed by atoms with Gasteiger partial charge in [-0.2, -0.15) is 0 Å². The van der Waals surface area contributed by atoms with Crippen LogP contribution in [0.25, 0.3) is 11.4 Å². The maximum atomic E-state index is 11.2. The van der Waals surface area contributed by atoms with Crippen LogP contribution >= 0.6 is 0 Å². The molecule has 136 valence electrons. The third kappa shape index (κ3) is 3.76. The van der Waals surface area contributed by atoms with E-state index in [-0.39, 0.29) is 5.56 Å². The molecule has 1 saturated heterocycles. The molecule has 0 atom stereocenters. The van der Waals surface area contributed by atoms with Crippen LogP contribution < -0.4 is 4.90 Å². The van der Waals surface area contributed by atoms with Crippen LogP contribution in [-0.2, 0) is 0 Å². The zero-order valence-electron chi connectivity index (χ0n) is 14.7. The van der Waals surface area contributed by atoms with E-state index < -0.39 is 5.97 Å². The largest absolute Gasteiger partial charge is 0.478 e. The van der Waals surface area contributed by atoms with Crippen molar-refractivity contribution in [2.24, 2.45) is 0 Å². The smallest absolute Gasteiger partial charge is 0.335 e. The second kappa shape index (κ2) is 7.49. The number of carboxylic acid groups (broad SMARTS) is 1. The molecule has 3 aromatic rings. The fourth-order valence-electron chi connectivity index (χ4n) is 3.40. The molecule has 1 N–H and O–H groups in total. The van der Waals surface area contributed by atoms with Gasteiger partial charge in [0.1, 0.15) is 0 Å².